The minimum Gasteiger partial charge on any atom is -0.369 e. The molecule has 6 heteroatoms. The molecule has 19 heavy (non-hydrogen) atoms. The van der Waals surface area contributed by atoms with Gasteiger partial charge in [-0.25, -0.2) is 4.98 Å². The molecule has 0 bridgehead atoms. The number of nitrogens with two attached hydrogens (primary N) is 1. The van der Waals surface area contributed by atoms with Gasteiger partial charge in [0.2, 0.25) is 5.91 Å². The molecule has 2 rings (SSSR count). The second-order valence-corrected chi connectivity index (χ2v) is 6.26. The molecule has 0 radical (unpaired) electrons. The lowest BCUT2D eigenvalue weighted by Gasteiger charge is -2.32. The lowest BCUT2D eigenvalue weighted by molar-refractivity contribution is -0.119. The zero-order valence-electron chi connectivity index (χ0n) is 11.6. The van der Waals surface area contributed by atoms with Gasteiger partial charge in [-0.05, 0) is 26.7 Å². The molecule has 1 atom stereocenters. The zero-order chi connectivity index (χ0) is 13.8. The van der Waals surface area contributed by atoms with E-state index in [1.807, 2.05) is 6.92 Å². The number of nitrogens with one attached hydrogen (secondary N) is 1. The van der Waals surface area contributed by atoms with Crippen molar-refractivity contribution in [2.45, 2.75) is 38.8 Å². The molecule has 106 valence electrons. The van der Waals surface area contributed by atoms with Gasteiger partial charge in [0.25, 0.3) is 0 Å². The second kappa shape index (κ2) is 6.45. The number of amides is 1. The van der Waals surface area contributed by atoms with Crippen molar-refractivity contribution >= 4 is 17.2 Å². The summed E-state index contributed by atoms with van der Waals surface area (Å²) in [6.07, 6.45) is 2.11. The third-order valence-electron chi connectivity index (χ3n) is 3.53. The second-order valence-electron chi connectivity index (χ2n) is 5.20. The number of hydrogen-bond acceptors (Lipinski definition) is 5. The van der Waals surface area contributed by atoms with Crippen LogP contribution in [0.4, 0.5) is 0 Å². The molecule has 0 aliphatic carbocycles. The predicted octanol–water partition coefficient (Wildman–Crippen LogP) is 1.05. The number of nitrogens with zero attached hydrogens (tertiary/aromatic N) is 2. The first-order valence-electron chi connectivity index (χ1n) is 6.73. The zero-order valence-corrected chi connectivity index (χ0v) is 12.4. The summed E-state index contributed by atoms with van der Waals surface area (Å²) in [4.78, 5) is 17.5. The van der Waals surface area contributed by atoms with E-state index in [0.29, 0.717) is 12.6 Å². The number of piperidine rings is 1. The Kier molecular flexibility index (Phi) is 4.90. The van der Waals surface area contributed by atoms with Gasteiger partial charge in [0.15, 0.2) is 0 Å². The number of carbonyl (C=O) groups excluding carboxylic acids is 1. The SMILES string of the molecule is Cc1nc(C(C)NC2CCN(CC(N)=O)CC2)cs1. The number of thiazole rings is 1. The van der Waals surface area contributed by atoms with E-state index in [0.717, 1.165) is 36.6 Å². The Bertz CT molecular complexity index is 426. The van der Waals surface area contributed by atoms with E-state index in [1.54, 1.807) is 11.3 Å². The maximum absolute atomic E-state index is 10.9. The number of aromatic nitrogens is 1. The number of carbonyl (C=O) groups is 1. The molecular weight excluding hydrogens is 260 g/mol. The maximum Gasteiger partial charge on any atom is 0.231 e. The summed E-state index contributed by atoms with van der Waals surface area (Å²) in [5, 5.41) is 6.85. The van der Waals surface area contributed by atoms with E-state index in [2.05, 4.69) is 27.5 Å². The van der Waals surface area contributed by atoms with E-state index in [-0.39, 0.29) is 11.9 Å². The van der Waals surface area contributed by atoms with Crippen molar-refractivity contribution in [2.75, 3.05) is 19.6 Å². The largest absolute Gasteiger partial charge is 0.369 e. The average Bonchev–Trinajstić information content (AvgIpc) is 2.78. The molecule has 0 aromatic carbocycles. The van der Waals surface area contributed by atoms with Gasteiger partial charge in [-0.15, -0.1) is 11.3 Å². The molecule has 3 N–H and O–H groups in total. The van der Waals surface area contributed by atoms with Crippen LogP contribution in [-0.4, -0.2) is 41.5 Å². The van der Waals surface area contributed by atoms with Crippen molar-refractivity contribution in [1.29, 1.82) is 0 Å². The maximum atomic E-state index is 10.9. The molecule has 1 aliphatic heterocycles. The van der Waals surface area contributed by atoms with Crippen LogP contribution in [0.25, 0.3) is 0 Å². The Hall–Kier alpha value is -0.980. The van der Waals surface area contributed by atoms with Gasteiger partial charge in [0.05, 0.1) is 17.2 Å². The predicted molar refractivity (Wildman–Crippen MR) is 77.1 cm³/mol. The Morgan fingerprint density at radius 2 is 2.32 bits per heavy atom. The highest BCUT2D eigenvalue weighted by Gasteiger charge is 2.22. The van der Waals surface area contributed by atoms with Gasteiger partial charge in [0.1, 0.15) is 0 Å². The summed E-state index contributed by atoms with van der Waals surface area (Å²) in [7, 11) is 0. The van der Waals surface area contributed by atoms with E-state index >= 15 is 0 Å². The van der Waals surface area contributed by atoms with Crippen LogP contribution in [0.3, 0.4) is 0 Å². The minimum atomic E-state index is -0.238. The number of likely N-dealkylation sites (tertiary alicyclic amines) is 1. The Labute approximate surface area is 118 Å². The molecule has 0 saturated carbocycles. The van der Waals surface area contributed by atoms with Crippen LogP contribution in [-0.2, 0) is 4.79 Å². The quantitative estimate of drug-likeness (QED) is 0.847. The summed E-state index contributed by atoms with van der Waals surface area (Å²) in [6, 6.07) is 0.791. The Morgan fingerprint density at radius 1 is 1.63 bits per heavy atom. The van der Waals surface area contributed by atoms with Crippen LogP contribution in [0.5, 0.6) is 0 Å². The normalized spacial score (nSPS) is 19.5. The van der Waals surface area contributed by atoms with Crippen molar-refractivity contribution in [1.82, 2.24) is 15.2 Å². The molecule has 5 nitrogen and oxygen atoms in total. The third kappa shape index (κ3) is 4.26. The van der Waals surface area contributed by atoms with Crippen molar-refractivity contribution in [2.24, 2.45) is 5.73 Å². The summed E-state index contributed by atoms with van der Waals surface area (Å²) in [5.74, 6) is -0.238. The number of rotatable bonds is 5. The molecule has 2 heterocycles. The minimum absolute atomic E-state index is 0.238. The Morgan fingerprint density at radius 3 is 2.84 bits per heavy atom. The molecule has 1 aliphatic rings. The fourth-order valence-electron chi connectivity index (χ4n) is 2.50. The lowest BCUT2D eigenvalue weighted by Crippen LogP contribution is -2.45. The molecule has 1 amide bonds. The van der Waals surface area contributed by atoms with Crippen LogP contribution in [0.2, 0.25) is 0 Å². The van der Waals surface area contributed by atoms with Crippen molar-refractivity contribution in [3.63, 3.8) is 0 Å². The standard InChI is InChI=1S/C13H22N4OS/c1-9(12-8-19-10(2)16-12)15-11-3-5-17(6-4-11)7-13(14)18/h8-9,11,15H,3-7H2,1-2H3,(H2,14,18). The van der Waals surface area contributed by atoms with Crippen LogP contribution in [0, 0.1) is 6.92 Å². The molecular formula is C13H22N4OS. The van der Waals surface area contributed by atoms with Crippen molar-refractivity contribution in [3.8, 4) is 0 Å². The molecule has 1 aromatic heterocycles. The highest BCUT2D eigenvalue weighted by molar-refractivity contribution is 7.09. The van der Waals surface area contributed by atoms with Gasteiger partial charge in [-0.2, -0.15) is 0 Å². The van der Waals surface area contributed by atoms with Gasteiger partial charge in [0, 0.05) is 30.6 Å². The van der Waals surface area contributed by atoms with Gasteiger partial charge in [-0.1, -0.05) is 0 Å². The van der Waals surface area contributed by atoms with E-state index in [9.17, 15) is 4.79 Å². The molecule has 1 fully saturated rings. The van der Waals surface area contributed by atoms with Crippen LogP contribution < -0.4 is 11.1 Å². The highest BCUT2D eigenvalue weighted by atomic mass is 32.1. The van der Waals surface area contributed by atoms with E-state index in [4.69, 9.17) is 5.73 Å². The van der Waals surface area contributed by atoms with E-state index < -0.39 is 0 Å². The average molecular weight is 282 g/mol. The summed E-state index contributed by atoms with van der Waals surface area (Å²) >= 11 is 1.69. The number of aryl methyl sites for hydroxylation is 1. The number of hydrogen-bond donors (Lipinski definition) is 2. The van der Waals surface area contributed by atoms with Gasteiger partial charge >= 0.3 is 0 Å². The summed E-state index contributed by atoms with van der Waals surface area (Å²) in [5.41, 5.74) is 6.34. The summed E-state index contributed by atoms with van der Waals surface area (Å²) in [6.45, 7) is 6.44. The first-order chi connectivity index (χ1) is 9.04. The fraction of sp³-hybridized carbons (Fsp3) is 0.692. The van der Waals surface area contributed by atoms with Crippen LogP contribution in [0.15, 0.2) is 5.38 Å². The van der Waals surface area contributed by atoms with Crippen molar-refractivity contribution < 1.29 is 4.79 Å². The van der Waals surface area contributed by atoms with Crippen LogP contribution >= 0.6 is 11.3 Å². The topological polar surface area (TPSA) is 71.2 Å². The summed E-state index contributed by atoms with van der Waals surface area (Å²) < 4.78 is 0. The smallest absolute Gasteiger partial charge is 0.231 e. The molecule has 1 aromatic rings. The first kappa shape index (κ1) is 14.4. The molecule has 1 unspecified atom stereocenters. The molecule has 1 saturated heterocycles. The lowest BCUT2D eigenvalue weighted by atomic mass is 10.0. The Balaban J connectivity index is 1.77. The molecule has 0 spiro atoms. The fourth-order valence-corrected chi connectivity index (χ4v) is 3.20. The van der Waals surface area contributed by atoms with Crippen LogP contribution in [0.1, 0.15) is 36.5 Å². The third-order valence-corrected chi connectivity index (χ3v) is 4.32. The number of primary amides is 1. The first-order valence-corrected chi connectivity index (χ1v) is 7.61. The van der Waals surface area contributed by atoms with E-state index in [1.165, 1.54) is 0 Å². The highest BCUT2D eigenvalue weighted by Crippen LogP contribution is 2.19. The van der Waals surface area contributed by atoms with Gasteiger partial charge in [-0.3, -0.25) is 9.69 Å². The van der Waals surface area contributed by atoms with Gasteiger partial charge < -0.3 is 11.1 Å². The van der Waals surface area contributed by atoms with Crippen molar-refractivity contribution in [3.05, 3.63) is 16.1 Å². The monoisotopic (exact) mass is 282 g/mol.